The summed E-state index contributed by atoms with van der Waals surface area (Å²) in [6, 6.07) is 7.31. The minimum absolute atomic E-state index is 0.0267. The Bertz CT molecular complexity index is 896. The van der Waals surface area contributed by atoms with Gasteiger partial charge in [-0.2, -0.15) is 0 Å². The van der Waals surface area contributed by atoms with Crippen molar-refractivity contribution in [3.63, 3.8) is 0 Å². The molecule has 2 amide bonds. The minimum Gasteiger partial charge on any atom is -0.338 e. The van der Waals surface area contributed by atoms with Crippen molar-refractivity contribution >= 4 is 44.3 Å². The quantitative estimate of drug-likeness (QED) is 0.721. The maximum Gasteiger partial charge on any atom is 0.254 e. The molecule has 1 fully saturated rings. The topological polar surface area (TPSA) is 87.1 Å². The van der Waals surface area contributed by atoms with Crippen LogP contribution in [-0.4, -0.2) is 66.2 Å². The van der Waals surface area contributed by atoms with E-state index in [1.165, 1.54) is 11.8 Å². The van der Waals surface area contributed by atoms with E-state index >= 15 is 0 Å². The molecule has 9 heteroatoms. The fourth-order valence-electron chi connectivity index (χ4n) is 3.48. The summed E-state index contributed by atoms with van der Waals surface area (Å²) in [6.45, 7) is 6.13. The number of nitrogens with zero attached hydrogens (tertiary/aromatic N) is 3. The third kappa shape index (κ3) is 4.41. The van der Waals surface area contributed by atoms with E-state index in [0.29, 0.717) is 18.1 Å². The van der Waals surface area contributed by atoms with Crippen LogP contribution in [0.2, 0.25) is 0 Å². The zero-order chi connectivity index (χ0) is 20.5. The number of aliphatic imine (C=N–C) groups is 1. The summed E-state index contributed by atoms with van der Waals surface area (Å²) < 4.78 is 23.6. The average Bonchev–Trinajstić information content (AvgIpc) is 3.18. The van der Waals surface area contributed by atoms with Gasteiger partial charge in [0.1, 0.15) is 6.54 Å². The lowest BCUT2D eigenvalue weighted by Crippen LogP contribution is -2.45. The number of hydrogen-bond acceptors (Lipinski definition) is 6. The number of rotatable bonds is 5. The van der Waals surface area contributed by atoms with Crippen molar-refractivity contribution in [1.29, 1.82) is 0 Å². The first-order chi connectivity index (χ1) is 13.2. The van der Waals surface area contributed by atoms with Crippen LogP contribution >= 0.6 is 11.8 Å². The number of aryl methyl sites for hydroxylation is 1. The molecule has 2 aliphatic rings. The van der Waals surface area contributed by atoms with Crippen LogP contribution in [0.1, 0.15) is 25.8 Å². The Morgan fingerprint density at radius 2 is 2.04 bits per heavy atom. The van der Waals surface area contributed by atoms with Crippen molar-refractivity contribution in [2.45, 2.75) is 38.5 Å². The second kappa shape index (κ2) is 8.24. The van der Waals surface area contributed by atoms with Gasteiger partial charge in [0.05, 0.1) is 22.4 Å². The van der Waals surface area contributed by atoms with Crippen LogP contribution in [0, 0.1) is 6.92 Å². The first-order valence-electron chi connectivity index (χ1n) is 9.33. The lowest BCUT2D eigenvalue weighted by Gasteiger charge is -2.30. The summed E-state index contributed by atoms with van der Waals surface area (Å²) in [5.74, 6) is -0.0923. The van der Waals surface area contributed by atoms with E-state index in [1.807, 2.05) is 38.1 Å². The third-order valence-corrected chi connectivity index (χ3v) is 7.81. The molecule has 2 atom stereocenters. The van der Waals surface area contributed by atoms with Crippen LogP contribution in [0.3, 0.4) is 0 Å². The third-order valence-electron chi connectivity index (χ3n) is 4.99. The highest BCUT2D eigenvalue weighted by molar-refractivity contribution is 8.15. The molecular weight excluding hydrogens is 398 g/mol. The van der Waals surface area contributed by atoms with Gasteiger partial charge in [0.2, 0.25) is 5.91 Å². The van der Waals surface area contributed by atoms with Gasteiger partial charge in [-0.3, -0.25) is 19.5 Å². The smallest absolute Gasteiger partial charge is 0.254 e. The van der Waals surface area contributed by atoms with Crippen LogP contribution in [0.25, 0.3) is 0 Å². The van der Waals surface area contributed by atoms with E-state index in [4.69, 9.17) is 0 Å². The summed E-state index contributed by atoms with van der Waals surface area (Å²) >= 11 is 1.24. The normalized spacial score (nSPS) is 22.2. The number of carbonyl (C=O) groups is 2. The summed E-state index contributed by atoms with van der Waals surface area (Å²) in [5.41, 5.74) is 1.82. The molecule has 28 heavy (non-hydrogen) atoms. The van der Waals surface area contributed by atoms with Crippen molar-refractivity contribution in [2.24, 2.45) is 4.99 Å². The van der Waals surface area contributed by atoms with Gasteiger partial charge in [0.25, 0.3) is 5.91 Å². The number of benzene rings is 1. The molecule has 2 heterocycles. The van der Waals surface area contributed by atoms with Crippen molar-refractivity contribution in [2.75, 3.05) is 29.5 Å². The predicted octanol–water partition coefficient (Wildman–Crippen LogP) is 1.85. The van der Waals surface area contributed by atoms with Gasteiger partial charge in [-0.05, 0) is 39.3 Å². The monoisotopic (exact) mass is 423 g/mol. The van der Waals surface area contributed by atoms with Gasteiger partial charge >= 0.3 is 0 Å². The standard InChI is InChI=1S/C19H25N3O4S2/c1-4-21(16-9-10-28(25,26)12-16)18(24)14(3)27-19-20-11-17(23)22(19)15-7-5-13(2)6-8-15/h5-8,14,16H,4,9-12H2,1-3H3/t14-,16-/m1/s1. The lowest BCUT2D eigenvalue weighted by molar-refractivity contribution is -0.131. The largest absolute Gasteiger partial charge is 0.338 e. The van der Waals surface area contributed by atoms with Gasteiger partial charge in [-0.15, -0.1) is 0 Å². The molecule has 1 saturated heterocycles. The van der Waals surface area contributed by atoms with Crippen molar-refractivity contribution in [3.05, 3.63) is 29.8 Å². The fraction of sp³-hybridized carbons (Fsp3) is 0.526. The number of sulfone groups is 1. The van der Waals surface area contributed by atoms with Crippen LogP contribution in [0.15, 0.2) is 29.3 Å². The average molecular weight is 424 g/mol. The Morgan fingerprint density at radius 1 is 1.36 bits per heavy atom. The van der Waals surface area contributed by atoms with Crippen molar-refractivity contribution < 1.29 is 18.0 Å². The van der Waals surface area contributed by atoms with Gasteiger partial charge < -0.3 is 4.90 Å². The lowest BCUT2D eigenvalue weighted by atomic mass is 10.2. The SMILES string of the molecule is CCN(C(=O)[C@@H](C)SC1=NCC(=O)N1c1ccc(C)cc1)[C@@H]1CCS(=O)(=O)C1. The molecule has 0 spiro atoms. The Hall–Kier alpha value is -1.87. The first-order valence-corrected chi connectivity index (χ1v) is 12.0. The summed E-state index contributed by atoms with van der Waals surface area (Å²) in [4.78, 5) is 32.8. The number of amidine groups is 1. The number of thioether (sulfide) groups is 1. The number of anilines is 1. The number of amides is 2. The molecule has 0 N–H and O–H groups in total. The number of carbonyl (C=O) groups excluding carboxylic acids is 2. The molecule has 3 rings (SSSR count). The van der Waals surface area contributed by atoms with Gasteiger partial charge in [0.15, 0.2) is 15.0 Å². The van der Waals surface area contributed by atoms with Crippen LogP contribution in [-0.2, 0) is 19.4 Å². The van der Waals surface area contributed by atoms with E-state index in [-0.39, 0.29) is 35.9 Å². The second-order valence-electron chi connectivity index (χ2n) is 7.10. The second-order valence-corrected chi connectivity index (χ2v) is 10.6. The molecule has 0 bridgehead atoms. The van der Waals surface area contributed by atoms with Crippen LogP contribution in [0.4, 0.5) is 5.69 Å². The van der Waals surface area contributed by atoms with Crippen molar-refractivity contribution in [1.82, 2.24) is 4.90 Å². The zero-order valence-electron chi connectivity index (χ0n) is 16.3. The maximum atomic E-state index is 13.0. The Balaban J connectivity index is 1.71. The summed E-state index contributed by atoms with van der Waals surface area (Å²) in [6.07, 6.45) is 0.480. The van der Waals surface area contributed by atoms with E-state index < -0.39 is 15.1 Å². The molecule has 7 nitrogen and oxygen atoms in total. The molecule has 0 unspecified atom stereocenters. The summed E-state index contributed by atoms with van der Waals surface area (Å²) in [7, 11) is -3.07. The van der Waals surface area contributed by atoms with Crippen LogP contribution < -0.4 is 4.90 Å². The Morgan fingerprint density at radius 3 is 2.61 bits per heavy atom. The van der Waals surface area contributed by atoms with Gasteiger partial charge in [0, 0.05) is 12.6 Å². The van der Waals surface area contributed by atoms with Gasteiger partial charge in [-0.25, -0.2) is 8.42 Å². The van der Waals surface area contributed by atoms with Gasteiger partial charge in [-0.1, -0.05) is 29.5 Å². The highest BCUT2D eigenvalue weighted by Crippen LogP contribution is 2.28. The predicted molar refractivity (Wildman–Crippen MR) is 112 cm³/mol. The highest BCUT2D eigenvalue weighted by Gasteiger charge is 2.37. The molecule has 2 aliphatic heterocycles. The molecule has 0 radical (unpaired) electrons. The zero-order valence-corrected chi connectivity index (χ0v) is 17.9. The fourth-order valence-corrected chi connectivity index (χ4v) is 6.21. The molecule has 1 aromatic carbocycles. The molecule has 152 valence electrons. The Kier molecular flexibility index (Phi) is 6.14. The molecule has 0 saturated carbocycles. The van der Waals surface area contributed by atoms with Crippen LogP contribution in [0.5, 0.6) is 0 Å². The molecule has 0 aromatic heterocycles. The maximum absolute atomic E-state index is 13.0. The van der Waals surface area contributed by atoms with E-state index in [2.05, 4.69) is 4.99 Å². The molecular formula is C19H25N3O4S2. The van der Waals surface area contributed by atoms with E-state index in [0.717, 1.165) is 11.3 Å². The Labute approximate surface area is 170 Å². The molecule has 0 aliphatic carbocycles. The molecule has 1 aromatic rings. The first kappa shape index (κ1) is 20.9. The summed E-state index contributed by atoms with van der Waals surface area (Å²) in [5, 5.41) is 0.0330. The van der Waals surface area contributed by atoms with E-state index in [1.54, 1.807) is 16.7 Å². The highest BCUT2D eigenvalue weighted by atomic mass is 32.2. The van der Waals surface area contributed by atoms with Crippen molar-refractivity contribution in [3.8, 4) is 0 Å². The minimum atomic E-state index is -3.07. The van der Waals surface area contributed by atoms with E-state index in [9.17, 15) is 18.0 Å². The number of hydrogen-bond donors (Lipinski definition) is 0.